The van der Waals surface area contributed by atoms with Gasteiger partial charge in [0.05, 0.1) is 19.1 Å². The van der Waals surface area contributed by atoms with Gasteiger partial charge in [-0.05, 0) is 89.0 Å². The number of amides is 9. The van der Waals surface area contributed by atoms with Crippen LogP contribution in [0.4, 0.5) is 0 Å². The fourth-order valence-corrected chi connectivity index (χ4v) is 8.04. The molecular formula is C49H85N13O11. The van der Waals surface area contributed by atoms with Crippen LogP contribution in [-0.4, -0.2) is 157 Å². The average Bonchev–Trinajstić information content (AvgIpc) is 3.35. The third kappa shape index (κ3) is 24.2. The second-order valence-corrected chi connectivity index (χ2v) is 18.9. The summed E-state index contributed by atoms with van der Waals surface area (Å²) in [5.74, 6) is -7.57. The zero-order valence-electron chi connectivity index (χ0n) is 42.9. The van der Waals surface area contributed by atoms with Crippen LogP contribution in [-0.2, 0) is 49.6 Å². The molecule has 0 saturated carbocycles. The molecule has 2 rings (SSSR count). The highest BCUT2D eigenvalue weighted by atomic mass is 16.3. The van der Waals surface area contributed by atoms with Crippen LogP contribution in [0.1, 0.15) is 116 Å². The molecule has 0 aromatic heterocycles. The number of hydrogen-bond donors (Lipinski definition) is 15. The maximum Gasteiger partial charge on any atom is 0.244 e. The number of carbonyl (C=O) groups is 9. The van der Waals surface area contributed by atoms with E-state index < -0.39 is 114 Å². The standard InChI is InChI=1S/C49H85N13O11/c1-4-5-6-7-11-15-32(64)28-41(65)55-33(16-12-21-50)43(67)59-37-20-25-54-42(66)40(29-63)62-46(70)36(19-24-53)56-44(68)34(17-22-51)58-48(72)38(26-30(2)3)60-49(73)39(27-31-13-9-8-10-14-31)61-45(69)35(18-23-52)57-47(37)71/h8-10,13-14,30,32-40,63-64H,4-7,11-12,15-29,50-53H2,1-3H3,(H,54,66)(H,55,65)(H,56,68)(H,57,71)(H,58,72)(H,59,67)(H,60,73)(H,61,69)(H,62,70)/t32-,33-,34+,35+,36+,37+,38+,39-,40+/m1/s1. The Hall–Kier alpha value is -5.79. The molecule has 1 aromatic carbocycles. The first kappa shape index (κ1) is 63.3. The second-order valence-electron chi connectivity index (χ2n) is 18.9. The molecule has 19 N–H and O–H groups in total. The van der Waals surface area contributed by atoms with E-state index in [1.54, 1.807) is 30.3 Å². The number of aliphatic hydroxyl groups excluding tert-OH is 2. The fraction of sp³-hybridized carbons (Fsp3) is 0.694. The van der Waals surface area contributed by atoms with E-state index in [1.165, 1.54) is 0 Å². The zero-order valence-corrected chi connectivity index (χ0v) is 42.9. The predicted octanol–water partition coefficient (Wildman–Crippen LogP) is -3.44. The summed E-state index contributed by atoms with van der Waals surface area (Å²) in [5, 5.41) is 44.2. The van der Waals surface area contributed by atoms with Crippen molar-refractivity contribution >= 4 is 53.2 Å². The molecule has 73 heavy (non-hydrogen) atoms. The number of hydrogen-bond acceptors (Lipinski definition) is 15. The summed E-state index contributed by atoms with van der Waals surface area (Å²) in [6, 6.07) is -2.31. The number of benzene rings is 1. The summed E-state index contributed by atoms with van der Waals surface area (Å²) in [6.07, 6.45) is 3.51. The maximum atomic E-state index is 14.3. The van der Waals surface area contributed by atoms with E-state index >= 15 is 0 Å². The molecule has 412 valence electrons. The summed E-state index contributed by atoms with van der Waals surface area (Å²) in [5.41, 5.74) is 24.0. The van der Waals surface area contributed by atoms with Crippen molar-refractivity contribution in [3.63, 3.8) is 0 Å². The minimum Gasteiger partial charge on any atom is -0.394 e. The summed E-state index contributed by atoms with van der Waals surface area (Å²) in [6.45, 7) is 4.27. The van der Waals surface area contributed by atoms with Crippen LogP contribution in [0, 0.1) is 5.92 Å². The van der Waals surface area contributed by atoms with Gasteiger partial charge in [-0.3, -0.25) is 43.2 Å². The topological polar surface area (TPSA) is 406 Å². The number of carbonyl (C=O) groups excluding carboxylic acids is 9. The van der Waals surface area contributed by atoms with E-state index in [9.17, 15) is 53.4 Å². The normalized spacial score (nSPS) is 23.1. The lowest BCUT2D eigenvalue weighted by Crippen LogP contribution is -2.61. The van der Waals surface area contributed by atoms with Gasteiger partial charge in [-0.25, -0.2) is 0 Å². The number of unbranched alkanes of at least 4 members (excludes halogenated alkanes) is 4. The minimum atomic E-state index is -1.59. The van der Waals surface area contributed by atoms with Gasteiger partial charge in [0.15, 0.2) is 0 Å². The largest absolute Gasteiger partial charge is 0.394 e. The van der Waals surface area contributed by atoms with Gasteiger partial charge in [-0.1, -0.05) is 83.2 Å². The van der Waals surface area contributed by atoms with Crippen LogP contribution in [0.3, 0.4) is 0 Å². The van der Waals surface area contributed by atoms with Crippen LogP contribution in [0.2, 0.25) is 0 Å². The molecule has 0 aliphatic carbocycles. The number of aliphatic hydroxyl groups is 2. The molecule has 1 aliphatic heterocycles. The molecule has 24 heteroatoms. The summed E-state index contributed by atoms with van der Waals surface area (Å²) in [4.78, 5) is 125. The van der Waals surface area contributed by atoms with E-state index in [0.29, 0.717) is 12.0 Å². The zero-order chi connectivity index (χ0) is 54.3. The Morgan fingerprint density at radius 2 is 1.14 bits per heavy atom. The third-order valence-electron chi connectivity index (χ3n) is 12.1. The Bertz CT molecular complexity index is 1900. The maximum absolute atomic E-state index is 14.3. The first-order chi connectivity index (χ1) is 34.9. The molecule has 1 fully saturated rings. The fourth-order valence-electron chi connectivity index (χ4n) is 8.04. The Labute approximate surface area is 428 Å². The lowest BCUT2D eigenvalue weighted by Gasteiger charge is -2.28. The lowest BCUT2D eigenvalue weighted by atomic mass is 10.00. The molecule has 0 bridgehead atoms. The Morgan fingerprint density at radius 3 is 1.67 bits per heavy atom. The van der Waals surface area contributed by atoms with Crippen molar-refractivity contribution in [3.05, 3.63) is 35.9 Å². The molecular weight excluding hydrogens is 947 g/mol. The molecule has 1 saturated heterocycles. The van der Waals surface area contributed by atoms with Gasteiger partial charge in [-0.15, -0.1) is 0 Å². The summed E-state index contributed by atoms with van der Waals surface area (Å²) >= 11 is 0. The van der Waals surface area contributed by atoms with Gasteiger partial charge in [0.1, 0.15) is 48.3 Å². The highest BCUT2D eigenvalue weighted by Crippen LogP contribution is 2.12. The van der Waals surface area contributed by atoms with Crippen molar-refractivity contribution < 1.29 is 53.4 Å². The minimum absolute atomic E-state index is 0.0478. The highest BCUT2D eigenvalue weighted by molar-refractivity contribution is 5.98. The smallest absolute Gasteiger partial charge is 0.244 e. The molecule has 0 radical (unpaired) electrons. The van der Waals surface area contributed by atoms with Gasteiger partial charge in [0, 0.05) is 13.0 Å². The Morgan fingerprint density at radius 1 is 0.630 bits per heavy atom. The highest BCUT2D eigenvalue weighted by Gasteiger charge is 2.35. The number of nitrogens with one attached hydrogen (secondary N) is 9. The van der Waals surface area contributed by atoms with E-state index in [4.69, 9.17) is 22.9 Å². The third-order valence-corrected chi connectivity index (χ3v) is 12.1. The van der Waals surface area contributed by atoms with Crippen LogP contribution in [0.25, 0.3) is 0 Å². The number of nitrogens with two attached hydrogens (primary N) is 4. The van der Waals surface area contributed by atoms with Crippen LogP contribution in [0.5, 0.6) is 0 Å². The molecule has 9 amide bonds. The molecule has 9 atom stereocenters. The Balaban J connectivity index is 2.65. The molecule has 1 aliphatic rings. The first-order valence-corrected chi connectivity index (χ1v) is 25.7. The Kier molecular flexibility index (Phi) is 30.7. The predicted molar refractivity (Wildman–Crippen MR) is 273 cm³/mol. The van der Waals surface area contributed by atoms with E-state index in [1.807, 2.05) is 13.8 Å². The molecule has 0 spiro atoms. The van der Waals surface area contributed by atoms with Crippen LogP contribution >= 0.6 is 0 Å². The lowest BCUT2D eigenvalue weighted by molar-refractivity contribution is -0.136. The quantitative estimate of drug-likeness (QED) is 0.0424. The molecule has 1 aromatic rings. The van der Waals surface area contributed by atoms with Crippen molar-refractivity contribution in [1.82, 2.24) is 47.9 Å². The number of rotatable bonds is 25. The summed E-state index contributed by atoms with van der Waals surface area (Å²) in [7, 11) is 0. The van der Waals surface area contributed by atoms with Gasteiger partial charge in [0.25, 0.3) is 0 Å². The van der Waals surface area contributed by atoms with Crippen molar-refractivity contribution in [3.8, 4) is 0 Å². The van der Waals surface area contributed by atoms with Gasteiger partial charge in [-0.2, -0.15) is 0 Å². The monoisotopic (exact) mass is 1030 g/mol. The molecule has 0 unspecified atom stereocenters. The van der Waals surface area contributed by atoms with Crippen molar-refractivity contribution in [1.29, 1.82) is 0 Å². The van der Waals surface area contributed by atoms with E-state index in [0.717, 1.165) is 32.1 Å². The van der Waals surface area contributed by atoms with E-state index in [-0.39, 0.29) is 96.4 Å². The van der Waals surface area contributed by atoms with Crippen molar-refractivity contribution in [2.75, 3.05) is 39.3 Å². The van der Waals surface area contributed by atoms with Gasteiger partial charge >= 0.3 is 0 Å². The van der Waals surface area contributed by atoms with Crippen LogP contribution in [0.15, 0.2) is 30.3 Å². The van der Waals surface area contributed by atoms with Crippen molar-refractivity contribution in [2.24, 2.45) is 28.9 Å². The van der Waals surface area contributed by atoms with Crippen LogP contribution < -0.4 is 70.8 Å². The summed E-state index contributed by atoms with van der Waals surface area (Å²) < 4.78 is 0. The first-order valence-electron chi connectivity index (χ1n) is 25.7. The average molecular weight is 1030 g/mol. The molecule has 1 heterocycles. The van der Waals surface area contributed by atoms with E-state index in [2.05, 4.69) is 54.8 Å². The van der Waals surface area contributed by atoms with Gasteiger partial charge < -0.3 is 81.0 Å². The van der Waals surface area contributed by atoms with Gasteiger partial charge in [0.2, 0.25) is 53.2 Å². The van der Waals surface area contributed by atoms with Crippen molar-refractivity contribution in [2.45, 2.75) is 172 Å². The molecule has 24 nitrogen and oxygen atoms in total. The SMILES string of the molecule is CCCCCCC[C@@H](O)CC(=O)N[C@H](CCCN)C(=O)N[C@H]1CCNC(=O)[C@H](CO)NC(=O)[C@H](CCN)NC(=O)[C@H](CCN)NC(=O)[C@H](CC(C)C)NC(=O)[C@@H](Cc2ccccc2)NC(=O)[C@H](CCN)NC1=O. The second kappa shape index (κ2) is 35.4.